The van der Waals surface area contributed by atoms with Crippen molar-refractivity contribution in [1.82, 2.24) is 9.55 Å². The van der Waals surface area contributed by atoms with Gasteiger partial charge in [-0.2, -0.15) is 0 Å². The van der Waals surface area contributed by atoms with Crippen LogP contribution in [0.5, 0.6) is 5.75 Å². The molecule has 0 saturated carbocycles. The lowest BCUT2D eigenvalue weighted by molar-refractivity contribution is -0.116. The normalized spacial score (nSPS) is 14.3. The number of esters is 1. The summed E-state index contributed by atoms with van der Waals surface area (Å²) in [6, 6.07) is 21.1. The molecule has 0 spiro atoms. The number of H-pyrrole nitrogens is 1. The third-order valence-electron chi connectivity index (χ3n) is 7.39. The molecule has 6 rings (SSSR count). The summed E-state index contributed by atoms with van der Waals surface area (Å²) in [4.78, 5) is 30.2. The summed E-state index contributed by atoms with van der Waals surface area (Å²) in [7, 11) is 1.66. The van der Waals surface area contributed by atoms with Gasteiger partial charge in [0.2, 0.25) is 5.91 Å². The van der Waals surface area contributed by atoms with Gasteiger partial charge in [0.25, 0.3) is 0 Å². The van der Waals surface area contributed by atoms with Gasteiger partial charge in [-0.15, -0.1) is 0 Å². The van der Waals surface area contributed by atoms with E-state index in [-0.39, 0.29) is 12.5 Å². The van der Waals surface area contributed by atoms with Crippen LogP contribution in [-0.2, 0) is 22.5 Å². The summed E-state index contributed by atoms with van der Waals surface area (Å²) in [5.41, 5.74) is 6.26. The number of carbonyl (C=O) groups excluding carboxylic acids is 2. The van der Waals surface area contributed by atoms with Crippen molar-refractivity contribution in [3.8, 4) is 17.0 Å². The number of carbonyl (C=O) groups is 2. The Kier molecular flexibility index (Phi) is 6.82. The maximum atomic E-state index is 13.5. The molecule has 0 saturated heterocycles. The number of aromatic nitrogens is 2. The highest BCUT2D eigenvalue weighted by atomic mass is 35.5. The summed E-state index contributed by atoms with van der Waals surface area (Å²) in [6.07, 6.45) is 4.51. The van der Waals surface area contributed by atoms with Crippen LogP contribution in [0.3, 0.4) is 0 Å². The number of amides is 1. The predicted molar refractivity (Wildman–Crippen MR) is 156 cm³/mol. The molecule has 1 amide bonds. The number of fused-ring (bicyclic) bond motifs is 2. The smallest absolute Gasteiger partial charge is 0.340 e. The van der Waals surface area contributed by atoms with E-state index in [1.807, 2.05) is 60.9 Å². The first-order valence-electron chi connectivity index (χ1n) is 13.2. The molecule has 5 aromatic rings. The molecule has 1 aliphatic heterocycles. The fraction of sp³-hybridized carbons (Fsp3) is 0.188. The van der Waals surface area contributed by atoms with Crippen LogP contribution in [0.15, 0.2) is 79.1 Å². The van der Waals surface area contributed by atoms with E-state index in [0.29, 0.717) is 34.8 Å². The SMILES string of the molecule is CCOC(=O)c1cn(CCc2c[nH]c3ccc(OC)cc23)c(-c2ccccc2)c1[C@@H]1C(=O)Nc2ccc(Cl)cc21. The van der Waals surface area contributed by atoms with E-state index >= 15 is 0 Å². The molecular formula is C32H28ClN3O4. The van der Waals surface area contributed by atoms with Crippen LogP contribution in [0.4, 0.5) is 5.69 Å². The van der Waals surface area contributed by atoms with Crippen molar-refractivity contribution in [2.24, 2.45) is 0 Å². The molecule has 40 heavy (non-hydrogen) atoms. The van der Waals surface area contributed by atoms with Gasteiger partial charge in [-0.1, -0.05) is 41.9 Å². The van der Waals surface area contributed by atoms with Gasteiger partial charge in [0, 0.05) is 46.1 Å². The monoisotopic (exact) mass is 553 g/mol. The molecule has 3 heterocycles. The Labute approximate surface area is 236 Å². The highest BCUT2D eigenvalue weighted by Crippen LogP contribution is 2.44. The average Bonchev–Trinajstić information content (AvgIpc) is 3.64. The first kappa shape index (κ1) is 25.8. The van der Waals surface area contributed by atoms with Crippen molar-refractivity contribution in [1.29, 1.82) is 0 Å². The summed E-state index contributed by atoms with van der Waals surface area (Å²) >= 11 is 6.37. The number of ether oxygens (including phenoxy) is 2. The molecule has 1 atom stereocenters. The van der Waals surface area contributed by atoms with Gasteiger partial charge in [0.15, 0.2) is 0 Å². The Bertz CT molecular complexity index is 1740. The van der Waals surface area contributed by atoms with Gasteiger partial charge >= 0.3 is 5.97 Å². The lowest BCUT2D eigenvalue weighted by Gasteiger charge is -2.16. The Morgan fingerprint density at radius 3 is 2.67 bits per heavy atom. The molecule has 0 unspecified atom stereocenters. The molecule has 1 aliphatic rings. The quantitative estimate of drug-likeness (QED) is 0.207. The number of anilines is 1. The maximum Gasteiger partial charge on any atom is 0.340 e. The fourth-order valence-corrected chi connectivity index (χ4v) is 5.76. The molecular weight excluding hydrogens is 526 g/mol. The molecule has 0 radical (unpaired) electrons. The molecule has 2 N–H and O–H groups in total. The van der Waals surface area contributed by atoms with Gasteiger partial charge in [0.1, 0.15) is 5.75 Å². The van der Waals surface area contributed by atoms with E-state index < -0.39 is 11.9 Å². The molecule has 2 aromatic heterocycles. The second-order valence-corrected chi connectivity index (χ2v) is 10.2. The number of hydrogen-bond donors (Lipinski definition) is 2. The van der Waals surface area contributed by atoms with Gasteiger partial charge in [-0.3, -0.25) is 4.79 Å². The average molecular weight is 554 g/mol. The van der Waals surface area contributed by atoms with E-state index in [9.17, 15) is 9.59 Å². The number of benzene rings is 3. The summed E-state index contributed by atoms with van der Waals surface area (Å²) < 4.78 is 13.0. The van der Waals surface area contributed by atoms with E-state index in [4.69, 9.17) is 21.1 Å². The van der Waals surface area contributed by atoms with E-state index in [1.165, 1.54) is 0 Å². The summed E-state index contributed by atoms with van der Waals surface area (Å²) in [5, 5.41) is 4.57. The largest absolute Gasteiger partial charge is 0.497 e. The standard InChI is InChI=1S/C32H28ClN3O4/c1-3-40-32(38)25-18-36(14-13-20-17-34-26-12-10-22(39-2)16-23(20)26)30(19-7-5-4-6-8-19)28(25)29-24-15-21(33)9-11-27(24)35-31(29)37/h4-12,15-18,29,34H,3,13-14H2,1-2H3,(H,35,37)/t29-/m1/s1. The van der Waals surface area contributed by atoms with Crippen molar-refractivity contribution in [2.75, 3.05) is 19.0 Å². The maximum absolute atomic E-state index is 13.5. The lowest BCUT2D eigenvalue weighted by atomic mass is 9.88. The first-order valence-corrected chi connectivity index (χ1v) is 13.6. The second-order valence-electron chi connectivity index (χ2n) is 9.71. The lowest BCUT2D eigenvalue weighted by Crippen LogP contribution is -2.17. The topological polar surface area (TPSA) is 85.3 Å². The third-order valence-corrected chi connectivity index (χ3v) is 7.63. The van der Waals surface area contributed by atoms with Crippen LogP contribution < -0.4 is 10.1 Å². The van der Waals surface area contributed by atoms with Crippen LogP contribution in [-0.4, -0.2) is 35.1 Å². The summed E-state index contributed by atoms with van der Waals surface area (Å²) in [5.74, 6) is -0.604. The zero-order chi connectivity index (χ0) is 27.8. The Morgan fingerprint density at radius 1 is 1.07 bits per heavy atom. The van der Waals surface area contributed by atoms with Crippen molar-refractivity contribution in [2.45, 2.75) is 25.8 Å². The zero-order valence-electron chi connectivity index (χ0n) is 22.2. The van der Waals surface area contributed by atoms with Gasteiger partial charge in [-0.05, 0) is 66.4 Å². The van der Waals surface area contributed by atoms with Crippen LogP contribution in [0, 0.1) is 0 Å². The van der Waals surface area contributed by atoms with E-state index in [2.05, 4.69) is 14.9 Å². The zero-order valence-corrected chi connectivity index (χ0v) is 22.9. The van der Waals surface area contributed by atoms with Gasteiger partial charge in [-0.25, -0.2) is 4.79 Å². The van der Waals surface area contributed by atoms with Crippen LogP contribution in [0.1, 0.15) is 39.9 Å². The molecule has 8 heteroatoms. The number of aryl methyl sites for hydroxylation is 2. The highest BCUT2D eigenvalue weighted by molar-refractivity contribution is 6.31. The van der Waals surface area contributed by atoms with E-state index in [1.54, 1.807) is 32.2 Å². The number of nitrogens with zero attached hydrogens (tertiary/aromatic N) is 1. The molecule has 202 valence electrons. The molecule has 0 fully saturated rings. The fourth-order valence-electron chi connectivity index (χ4n) is 5.58. The predicted octanol–water partition coefficient (Wildman–Crippen LogP) is 6.80. The first-order chi connectivity index (χ1) is 19.5. The highest BCUT2D eigenvalue weighted by Gasteiger charge is 2.39. The minimum absolute atomic E-state index is 0.207. The van der Waals surface area contributed by atoms with Gasteiger partial charge in [0.05, 0.1) is 30.9 Å². The number of halogens is 1. The molecule has 0 bridgehead atoms. The third kappa shape index (κ3) is 4.52. The Balaban J connectivity index is 1.51. The second kappa shape index (κ2) is 10.6. The minimum Gasteiger partial charge on any atom is -0.497 e. The molecule has 7 nitrogen and oxygen atoms in total. The number of hydrogen-bond acceptors (Lipinski definition) is 4. The van der Waals surface area contributed by atoms with Crippen molar-refractivity contribution < 1.29 is 19.1 Å². The van der Waals surface area contributed by atoms with Crippen molar-refractivity contribution in [3.63, 3.8) is 0 Å². The molecule has 0 aliphatic carbocycles. The van der Waals surface area contributed by atoms with Crippen LogP contribution in [0.2, 0.25) is 5.02 Å². The Hall–Kier alpha value is -4.49. The number of rotatable bonds is 8. The summed E-state index contributed by atoms with van der Waals surface area (Å²) in [6.45, 7) is 2.56. The van der Waals surface area contributed by atoms with Crippen LogP contribution in [0.25, 0.3) is 22.2 Å². The number of aromatic amines is 1. The number of nitrogens with one attached hydrogen (secondary N) is 2. The van der Waals surface area contributed by atoms with Crippen molar-refractivity contribution in [3.05, 3.63) is 106 Å². The molecule has 3 aromatic carbocycles. The Morgan fingerprint density at radius 2 is 1.90 bits per heavy atom. The van der Waals surface area contributed by atoms with E-state index in [0.717, 1.165) is 39.0 Å². The van der Waals surface area contributed by atoms with Crippen LogP contribution >= 0.6 is 11.6 Å². The number of methoxy groups -OCH3 is 1. The minimum atomic E-state index is -0.720. The van der Waals surface area contributed by atoms with Gasteiger partial charge < -0.3 is 24.3 Å². The van der Waals surface area contributed by atoms with Crippen molar-refractivity contribution >= 4 is 40.1 Å².